The topological polar surface area (TPSA) is 51.2 Å². The molecule has 5 heteroatoms. The number of carbonyl (C=O) groups is 1. The summed E-state index contributed by atoms with van der Waals surface area (Å²) in [5.74, 6) is 0. The average molecular weight is 291 g/mol. The van der Waals surface area contributed by atoms with Crippen LogP contribution < -0.4 is 0 Å². The van der Waals surface area contributed by atoms with Gasteiger partial charge < -0.3 is 4.79 Å². The number of rotatable bonds is 3. The van der Waals surface area contributed by atoms with E-state index in [2.05, 4.69) is 15.9 Å². The van der Waals surface area contributed by atoms with Crippen LogP contribution in [0.3, 0.4) is 0 Å². The van der Waals surface area contributed by atoms with Gasteiger partial charge in [0.25, 0.3) is 0 Å². The minimum atomic E-state index is -3.61. The summed E-state index contributed by atoms with van der Waals surface area (Å²) in [5.41, 5.74) is 0. The highest BCUT2D eigenvalue weighted by molar-refractivity contribution is 9.10. The Labute approximate surface area is 97.5 Å². The molecule has 82 valence electrons. The van der Waals surface area contributed by atoms with E-state index in [4.69, 9.17) is 0 Å². The van der Waals surface area contributed by atoms with Crippen LogP contribution in [-0.2, 0) is 14.6 Å². The molecule has 15 heavy (non-hydrogen) atoms. The van der Waals surface area contributed by atoms with Gasteiger partial charge in [-0.3, -0.25) is 0 Å². The molecule has 0 radical (unpaired) electrons. The molecule has 0 N–H and O–H groups in total. The van der Waals surface area contributed by atoms with Gasteiger partial charge in [-0.05, 0) is 32.0 Å². The Kier molecular flexibility index (Phi) is 3.35. The fourth-order valence-electron chi connectivity index (χ4n) is 1.00. The molecule has 0 saturated carbocycles. The zero-order valence-electron chi connectivity index (χ0n) is 8.40. The summed E-state index contributed by atoms with van der Waals surface area (Å²) in [4.78, 5) is 10.9. The van der Waals surface area contributed by atoms with Crippen molar-refractivity contribution in [3.05, 3.63) is 28.7 Å². The van der Waals surface area contributed by atoms with Gasteiger partial charge in [-0.2, -0.15) is 0 Å². The number of halogens is 1. The van der Waals surface area contributed by atoms with Crippen molar-refractivity contribution in [1.29, 1.82) is 0 Å². The lowest BCUT2D eigenvalue weighted by molar-refractivity contribution is -0.109. The van der Waals surface area contributed by atoms with Crippen LogP contribution in [0.5, 0.6) is 0 Å². The van der Waals surface area contributed by atoms with E-state index < -0.39 is 14.6 Å². The molecule has 0 aromatic heterocycles. The van der Waals surface area contributed by atoms with E-state index in [1.165, 1.54) is 26.0 Å². The van der Waals surface area contributed by atoms with Gasteiger partial charge in [-0.1, -0.05) is 22.0 Å². The highest BCUT2D eigenvalue weighted by Crippen LogP contribution is 2.25. The maximum atomic E-state index is 12.0. The van der Waals surface area contributed by atoms with E-state index >= 15 is 0 Å². The molecule has 0 atom stereocenters. The van der Waals surface area contributed by atoms with Crippen molar-refractivity contribution in [1.82, 2.24) is 0 Å². The monoisotopic (exact) mass is 290 g/mol. The summed E-state index contributed by atoms with van der Waals surface area (Å²) in [5, 5.41) is 0. The number of hydrogen-bond acceptors (Lipinski definition) is 3. The largest absolute Gasteiger partial charge is 0.302 e. The third kappa shape index (κ3) is 2.29. The molecule has 0 spiro atoms. The lowest BCUT2D eigenvalue weighted by Gasteiger charge is -2.17. The molecule has 1 rings (SSSR count). The minimum absolute atomic E-state index is 0.147. The summed E-state index contributed by atoms with van der Waals surface area (Å²) >= 11 is 3.19. The van der Waals surface area contributed by atoms with Gasteiger partial charge in [0.2, 0.25) is 0 Å². The number of hydrogen-bond donors (Lipinski definition) is 0. The van der Waals surface area contributed by atoms with Crippen molar-refractivity contribution >= 4 is 32.1 Å². The number of carbonyl (C=O) groups excluding carboxylic acids is 1. The lowest BCUT2D eigenvalue weighted by Crippen LogP contribution is -2.33. The Bertz CT molecular complexity index is 477. The first-order valence-corrected chi connectivity index (χ1v) is 6.55. The maximum Gasteiger partial charge on any atom is 0.190 e. The van der Waals surface area contributed by atoms with Crippen LogP contribution in [-0.4, -0.2) is 19.5 Å². The third-order valence-electron chi connectivity index (χ3n) is 2.08. The van der Waals surface area contributed by atoms with Crippen molar-refractivity contribution < 1.29 is 13.2 Å². The quantitative estimate of drug-likeness (QED) is 0.802. The number of benzene rings is 1. The molecular weight excluding hydrogens is 280 g/mol. The van der Waals surface area contributed by atoms with E-state index in [0.717, 1.165) is 0 Å². The van der Waals surface area contributed by atoms with Gasteiger partial charge in [0.15, 0.2) is 9.84 Å². The second-order valence-corrected chi connectivity index (χ2v) is 7.13. The molecule has 0 unspecified atom stereocenters. The highest BCUT2D eigenvalue weighted by atomic mass is 79.9. The van der Waals surface area contributed by atoms with Crippen molar-refractivity contribution in [2.45, 2.75) is 23.5 Å². The van der Waals surface area contributed by atoms with Crippen LogP contribution in [0.15, 0.2) is 33.6 Å². The maximum absolute atomic E-state index is 12.0. The lowest BCUT2D eigenvalue weighted by atomic mass is 10.2. The zero-order chi connectivity index (χ0) is 11.7. The van der Waals surface area contributed by atoms with Crippen LogP contribution in [0, 0.1) is 0 Å². The summed E-state index contributed by atoms with van der Waals surface area (Å²) in [6.07, 6.45) is 0.448. The second kappa shape index (κ2) is 4.06. The predicted octanol–water partition coefficient (Wildman–Crippen LogP) is 2.20. The minimum Gasteiger partial charge on any atom is -0.302 e. The standard InChI is InChI=1S/C10H11BrO3S/c1-10(2,7-12)15(13,14)9-5-3-4-8(11)6-9/h3-7H,1-2H3. The molecule has 0 fully saturated rings. The van der Waals surface area contributed by atoms with Crippen LogP contribution >= 0.6 is 15.9 Å². The Morgan fingerprint density at radius 3 is 2.40 bits per heavy atom. The van der Waals surface area contributed by atoms with Crippen molar-refractivity contribution in [2.24, 2.45) is 0 Å². The Morgan fingerprint density at radius 2 is 1.93 bits per heavy atom. The van der Waals surface area contributed by atoms with Gasteiger partial charge in [0.1, 0.15) is 11.0 Å². The number of aldehydes is 1. The Balaban J connectivity index is 3.36. The van der Waals surface area contributed by atoms with Crippen molar-refractivity contribution in [3.63, 3.8) is 0 Å². The van der Waals surface area contributed by atoms with E-state index in [1.54, 1.807) is 12.1 Å². The van der Waals surface area contributed by atoms with Crippen LogP contribution in [0.25, 0.3) is 0 Å². The smallest absolute Gasteiger partial charge is 0.190 e. The van der Waals surface area contributed by atoms with Gasteiger partial charge in [0, 0.05) is 4.47 Å². The molecule has 0 aliphatic heterocycles. The first-order valence-electron chi connectivity index (χ1n) is 4.28. The van der Waals surface area contributed by atoms with E-state index in [1.807, 2.05) is 0 Å². The molecule has 0 saturated heterocycles. The summed E-state index contributed by atoms with van der Waals surface area (Å²) in [6.45, 7) is 2.77. The highest BCUT2D eigenvalue weighted by Gasteiger charge is 2.35. The fourth-order valence-corrected chi connectivity index (χ4v) is 2.83. The van der Waals surface area contributed by atoms with Crippen LogP contribution in [0.1, 0.15) is 13.8 Å². The molecule has 0 bridgehead atoms. The molecule has 0 aliphatic rings. The zero-order valence-corrected chi connectivity index (χ0v) is 10.8. The predicted molar refractivity (Wildman–Crippen MR) is 61.5 cm³/mol. The molecule has 1 aromatic carbocycles. The molecule has 0 amide bonds. The van der Waals surface area contributed by atoms with Crippen molar-refractivity contribution in [2.75, 3.05) is 0 Å². The van der Waals surface area contributed by atoms with E-state index in [-0.39, 0.29) is 4.90 Å². The molecule has 1 aromatic rings. The SMILES string of the molecule is CC(C)(C=O)S(=O)(=O)c1cccc(Br)c1. The van der Waals surface area contributed by atoms with E-state index in [9.17, 15) is 13.2 Å². The Hall–Kier alpha value is -0.680. The number of sulfone groups is 1. The summed E-state index contributed by atoms with van der Waals surface area (Å²) in [7, 11) is -3.61. The molecule has 3 nitrogen and oxygen atoms in total. The molecule has 0 aliphatic carbocycles. The van der Waals surface area contributed by atoms with Gasteiger partial charge in [-0.15, -0.1) is 0 Å². The van der Waals surface area contributed by atoms with Gasteiger partial charge >= 0.3 is 0 Å². The van der Waals surface area contributed by atoms with Crippen molar-refractivity contribution in [3.8, 4) is 0 Å². The molecule has 0 heterocycles. The van der Waals surface area contributed by atoms with Gasteiger partial charge in [0.05, 0.1) is 4.90 Å². The van der Waals surface area contributed by atoms with Crippen LogP contribution in [0.4, 0.5) is 0 Å². The Morgan fingerprint density at radius 1 is 1.33 bits per heavy atom. The van der Waals surface area contributed by atoms with Crippen LogP contribution in [0.2, 0.25) is 0 Å². The first kappa shape index (κ1) is 12.4. The third-order valence-corrected chi connectivity index (χ3v) is 4.93. The van der Waals surface area contributed by atoms with E-state index in [0.29, 0.717) is 10.8 Å². The summed E-state index contributed by atoms with van der Waals surface area (Å²) in [6, 6.07) is 6.32. The normalized spacial score (nSPS) is 12.5. The van der Waals surface area contributed by atoms with Gasteiger partial charge in [-0.25, -0.2) is 8.42 Å². The average Bonchev–Trinajstić information content (AvgIpc) is 2.17. The molecular formula is C10H11BrO3S. The second-order valence-electron chi connectivity index (χ2n) is 3.68. The fraction of sp³-hybridized carbons (Fsp3) is 0.300. The first-order chi connectivity index (χ1) is 6.81. The summed E-state index contributed by atoms with van der Waals surface area (Å²) < 4.78 is 23.2.